The van der Waals surface area contributed by atoms with E-state index in [0.29, 0.717) is 16.5 Å². The van der Waals surface area contributed by atoms with E-state index >= 15 is 0 Å². The molecule has 2 rings (SSSR count). The number of nitrogens with one attached hydrogen (secondary N) is 1. The molecule has 1 atom stereocenters. The molecule has 0 spiro atoms. The van der Waals surface area contributed by atoms with Crippen LogP contribution in [-0.4, -0.2) is 14.5 Å². The summed E-state index contributed by atoms with van der Waals surface area (Å²) in [6, 6.07) is 3.32. The van der Waals surface area contributed by atoms with E-state index in [1.165, 1.54) is 12.8 Å². The molecule has 1 aromatic rings. The van der Waals surface area contributed by atoms with E-state index in [9.17, 15) is 8.42 Å². The molecule has 112 valence electrons. The lowest BCUT2D eigenvalue weighted by Gasteiger charge is -2.21. The van der Waals surface area contributed by atoms with Gasteiger partial charge in [-0.25, -0.2) is 13.1 Å². The monoisotopic (exact) mass is 296 g/mol. The number of anilines is 1. The standard InChI is InChI=1S/C15H24N2O2S/c1-10-8-14(16)9-15(11(10)2)20(18,19)17-12(3)13-6-4-5-7-13/h8-9,12-13,17H,4-7,16H2,1-3H3. The van der Waals surface area contributed by atoms with Crippen molar-refractivity contribution in [2.24, 2.45) is 5.92 Å². The zero-order chi connectivity index (χ0) is 14.9. The van der Waals surface area contributed by atoms with Crippen LogP contribution in [0.4, 0.5) is 5.69 Å². The van der Waals surface area contributed by atoms with Gasteiger partial charge in [-0.3, -0.25) is 0 Å². The summed E-state index contributed by atoms with van der Waals surface area (Å²) in [5.74, 6) is 0.451. The van der Waals surface area contributed by atoms with Crippen molar-refractivity contribution in [2.75, 3.05) is 5.73 Å². The van der Waals surface area contributed by atoms with Gasteiger partial charge in [-0.1, -0.05) is 12.8 Å². The molecule has 1 aromatic carbocycles. The van der Waals surface area contributed by atoms with Gasteiger partial charge in [-0.05, 0) is 62.8 Å². The smallest absolute Gasteiger partial charge is 0.241 e. The van der Waals surface area contributed by atoms with E-state index in [2.05, 4.69) is 4.72 Å². The lowest BCUT2D eigenvalue weighted by molar-refractivity contribution is 0.424. The first kappa shape index (κ1) is 15.3. The Morgan fingerprint density at radius 3 is 2.45 bits per heavy atom. The Morgan fingerprint density at radius 2 is 1.85 bits per heavy atom. The molecule has 20 heavy (non-hydrogen) atoms. The fourth-order valence-electron chi connectivity index (χ4n) is 2.99. The van der Waals surface area contributed by atoms with Crippen molar-refractivity contribution in [1.29, 1.82) is 0 Å². The molecule has 3 N–H and O–H groups in total. The van der Waals surface area contributed by atoms with Crippen LogP contribution in [0.15, 0.2) is 17.0 Å². The van der Waals surface area contributed by atoms with Crippen LogP contribution >= 0.6 is 0 Å². The van der Waals surface area contributed by atoms with Crippen molar-refractivity contribution in [3.63, 3.8) is 0 Å². The third kappa shape index (κ3) is 3.15. The summed E-state index contributed by atoms with van der Waals surface area (Å²) in [5, 5.41) is 0. The minimum atomic E-state index is -3.50. The largest absolute Gasteiger partial charge is 0.399 e. The van der Waals surface area contributed by atoms with Crippen LogP contribution in [0, 0.1) is 19.8 Å². The zero-order valence-corrected chi connectivity index (χ0v) is 13.3. The second kappa shape index (κ2) is 5.74. The number of hydrogen-bond acceptors (Lipinski definition) is 3. The van der Waals surface area contributed by atoms with Gasteiger partial charge in [0.15, 0.2) is 0 Å². The van der Waals surface area contributed by atoms with Gasteiger partial charge in [-0.2, -0.15) is 0 Å². The normalized spacial score (nSPS) is 18.4. The second-order valence-electron chi connectivity index (χ2n) is 5.92. The summed E-state index contributed by atoms with van der Waals surface area (Å²) in [4.78, 5) is 0.305. The molecule has 5 heteroatoms. The van der Waals surface area contributed by atoms with E-state index < -0.39 is 10.0 Å². The molecule has 4 nitrogen and oxygen atoms in total. The Bertz CT molecular complexity index is 590. The summed E-state index contributed by atoms with van der Waals surface area (Å²) in [5.41, 5.74) is 7.94. The molecule has 0 bridgehead atoms. The third-order valence-corrected chi connectivity index (χ3v) is 6.06. The van der Waals surface area contributed by atoms with Crippen molar-refractivity contribution in [3.8, 4) is 0 Å². The topological polar surface area (TPSA) is 72.2 Å². The Labute approximate surface area is 121 Å². The van der Waals surface area contributed by atoms with Crippen LogP contribution in [0.25, 0.3) is 0 Å². The van der Waals surface area contributed by atoms with Crippen molar-refractivity contribution in [2.45, 2.75) is 57.4 Å². The highest BCUT2D eigenvalue weighted by Crippen LogP contribution is 2.29. The van der Waals surface area contributed by atoms with Crippen molar-refractivity contribution >= 4 is 15.7 Å². The predicted molar refractivity (Wildman–Crippen MR) is 82.1 cm³/mol. The third-order valence-electron chi connectivity index (χ3n) is 4.38. The van der Waals surface area contributed by atoms with Crippen LogP contribution in [0.1, 0.15) is 43.7 Å². The van der Waals surface area contributed by atoms with Gasteiger partial charge in [-0.15, -0.1) is 0 Å². The highest BCUT2D eigenvalue weighted by molar-refractivity contribution is 7.89. The van der Waals surface area contributed by atoms with Gasteiger partial charge < -0.3 is 5.73 Å². The van der Waals surface area contributed by atoms with Crippen molar-refractivity contribution < 1.29 is 8.42 Å². The van der Waals surface area contributed by atoms with E-state index in [1.807, 2.05) is 20.8 Å². The minimum Gasteiger partial charge on any atom is -0.399 e. The highest BCUT2D eigenvalue weighted by Gasteiger charge is 2.27. The van der Waals surface area contributed by atoms with Crippen LogP contribution < -0.4 is 10.5 Å². The number of sulfonamides is 1. The summed E-state index contributed by atoms with van der Waals surface area (Å²) >= 11 is 0. The molecular formula is C15H24N2O2S. The van der Waals surface area contributed by atoms with Gasteiger partial charge in [0, 0.05) is 11.7 Å². The first-order valence-electron chi connectivity index (χ1n) is 7.20. The molecule has 0 aromatic heterocycles. The fraction of sp³-hybridized carbons (Fsp3) is 0.600. The maximum Gasteiger partial charge on any atom is 0.241 e. The number of nitrogen functional groups attached to an aromatic ring is 1. The Balaban J connectivity index is 2.26. The molecule has 0 radical (unpaired) electrons. The SMILES string of the molecule is Cc1cc(N)cc(S(=O)(=O)NC(C)C2CCCC2)c1C. The molecular weight excluding hydrogens is 272 g/mol. The molecule has 0 aliphatic heterocycles. The lowest BCUT2D eigenvalue weighted by atomic mass is 10.0. The maximum atomic E-state index is 12.6. The van der Waals surface area contributed by atoms with Crippen molar-refractivity contribution in [3.05, 3.63) is 23.3 Å². The molecule has 1 unspecified atom stereocenters. The minimum absolute atomic E-state index is 0.0244. The Kier molecular flexibility index (Phi) is 4.39. The second-order valence-corrected chi connectivity index (χ2v) is 7.60. The molecule has 1 aliphatic carbocycles. The molecule has 1 fully saturated rings. The Hall–Kier alpha value is -1.07. The summed E-state index contributed by atoms with van der Waals surface area (Å²) in [7, 11) is -3.50. The number of hydrogen-bond donors (Lipinski definition) is 2. The summed E-state index contributed by atoms with van der Waals surface area (Å²) in [6.45, 7) is 5.66. The van der Waals surface area contributed by atoms with Crippen LogP contribution in [0.3, 0.4) is 0 Å². The number of benzene rings is 1. The van der Waals surface area contributed by atoms with E-state index in [-0.39, 0.29) is 6.04 Å². The summed E-state index contributed by atoms with van der Waals surface area (Å²) < 4.78 is 27.9. The average molecular weight is 296 g/mol. The number of aryl methyl sites for hydroxylation is 1. The van der Waals surface area contributed by atoms with Crippen LogP contribution in [0.5, 0.6) is 0 Å². The molecule has 0 heterocycles. The van der Waals surface area contributed by atoms with E-state index in [1.54, 1.807) is 12.1 Å². The fourth-order valence-corrected chi connectivity index (χ4v) is 4.66. The number of rotatable bonds is 4. The van der Waals surface area contributed by atoms with Crippen molar-refractivity contribution in [1.82, 2.24) is 4.72 Å². The highest BCUT2D eigenvalue weighted by atomic mass is 32.2. The summed E-state index contributed by atoms with van der Waals surface area (Å²) in [6.07, 6.45) is 4.62. The van der Waals surface area contributed by atoms with E-state index in [4.69, 9.17) is 5.73 Å². The molecule has 0 saturated heterocycles. The van der Waals surface area contributed by atoms with Gasteiger partial charge in [0.25, 0.3) is 0 Å². The quantitative estimate of drug-likeness (QED) is 0.839. The average Bonchev–Trinajstić information content (AvgIpc) is 2.86. The van der Waals surface area contributed by atoms with E-state index in [0.717, 1.165) is 24.0 Å². The van der Waals surface area contributed by atoms with Gasteiger partial charge >= 0.3 is 0 Å². The van der Waals surface area contributed by atoms with Gasteiger partial charge in [0.1, 0.15) is 0 Å². The molecule has 1 saturated carbocycles. The predicted octanol–water partition coefficient (Wildman–Crippen LogP) is 2.74. The first-order valence-corrected chi connectivity index (χ1v) is 8.68. The van der Waals surface area contributed by atoms with Gasteiger partial charge in [0.2, 0.25) is 10.0 Å². The molecule has 0 amide bonds. The Morgan fingerprint density at radius 1 is 1.25 bits per heavy atom. The van der Waals surface area contributed by atoms with Gasteiger partial charge in [0.05, 0.1) is 4.90 Å². The first-order chi connectivity index (χ1) is 9.31. The zero-order valence-electron chi connectivity index (χ0n) is 12.4. The maximum absolute atomic E-state index is 12.6. The molecule has 1 aliphatic rings. The lowest BCUT2D eigenvalue weighted by Crippen LogP contribution is -2.37. The number of nitrogens with two attached hydrogens (primary N) is 1. The van der Waals surface area contributed by atoms with Crippen LogP contribution in [0.2, 0.25) is 0 Å². The van der Waals surface area contributed by atoms with Crippen LogP contribution in [-0.2, 0) is 10.0 Å².